The van der Waals surface area contributed by atoms with Crippen molar-refractivity contribution in [3.8, 4) is 0 Å². The van der Waals surface area contributed by atoms with Gasteiger partial charge in [-0.05, 0) is 6.07 Å². The van der Waals surface area contributed by atoms with Gasteiger partial charge in [-0.2, -0.15) is 0 Å². The molecule has 2 unspecified atom stereocenters. The van der Waals surface area contributed by atoms with Gasteiger partial charge in [-0.15, -0.1) is 0 Å². The molecule has 1 aliphatic heterocycles. The first kappa shape index (κ1) is 10.9. The molecule has 0 N–H and O–H groups in total. The number of fused-ring (bicyclic) bond motifs is 1. The molecular formula is C11H9F3N2. The van der Waals surface area contributed by atoms with E-state index in [1.54, 1.807) is 24.3 Å². The Morgan fingerprint density at radius 2 is 1.88 bits per heavy atom. The lowest BCUT2D eigenvalue weighted by Crippen LogP contribution is -2.32. The third-order valence-electron chi connectivity index (χ3n) is 2.24. The fourth-order valence-corrected chi connectivity index (χ4v) is 1.42. The highest BCUT2D eigenvalue weighted by atomic mass is 19.3. The van der Waals surface area contributed by atoms with Gasteiger partial charge >= 0.3 is 0 Å². The van der Waals surface area contributed by atoms with E-state index in [0.29, 0.717) is 10.6 Å². The van der Waals surface area contributed by atoms with E-state index < -0.39 is 18.6 Å². The predicted octanol–water partition coefficient (Wildman–Crippen LogP) is 1.10. The van der Waals surface area contributed by atoms with Crippen molar-refractivity contribution in [2.45, 2.75) is 18.6 Å². The molecule has 0 aliphatic carbocycles. The number of aliphatic imine (C=N–C) groups is 1. The molecule has 2 atom stereocenters. The molecule has 0 amide bonds. The van der Waals surface area contributed by atoms with Gasteiger partial charge in [-0.25, -0.2) is 13.2 Å². The average Bonchev–Trinajstić information content (AvgIpc) is 2.49. The van der Waals surface area contributed by atoms with Gasteiger partial charge in [-0.1, -0.05) is 18.2 Å². The summed E-state index contributed by atoms with van der Waals surface area (Å²) < 4.78 is 37.6. The molecule has 1 aliphatic rings. The number of hydrogen-bond acceptors (Lipinski definition) is 2. The van der Waals surface area contributed by atoms with E-state index in [0.717, 1.165) is 6.21 Å². The van der Waals surface area contributed by atoms with Crippen molar-refractivity contribution in [3.05, 3.63) is 34.8 Å². The highest BCUT2D eigenvalue weighted by Crippen LogP contribution is 2.11. The van der Waals surface area contributed by atoms with Crippen LogP contribution in [0.25, 0.3) is 6.20 Å². The minimum absolute atomic E-state index is 0.480. The monoisotopic (exact) mass is 226 g/mol. The maximum atomic E-state index is 13.1. The van der Waals surface area contributed by atoms with Crippen molar-refractivity contribution in [3.63, 3.8) is 0 Å². The van der Waals surface area contributed by atoms with E-state index in [-0.39, 0.29) is 0 Å². The number of hydrogen-bond donors (Lipinski definition) is 0. The molecule has 0 fully saturated rings. The first-order valence-corrected chi connectivity index (χ1v) is 4.77. The zero-order chi connectivity index (χ0) is 11.5. The average molecular weight is 226 g/mol. The number of benzene rings is 1. The highest BCUT2D eigenvalue weighted by molar-refractivity contribution is 5.69. The minimum atomic E-state index is -3.05. The fourth-order valence-electron chi connectivity index (χ4n) is 1.42. The number of nitrogens with zero attached hydrogens (tertiary/aromatic N) is 2. The van der Waals surface area contributed by atoms with Crippen molar-refractivity contribution in [1.82, 2.24) is 0 Å². The van der Waals surface area contributed by atoms with Crippen molar-refractivity contribution in [1.29, 1.82) is 0 Å². The Bertz CT molecular complexity index is 510. The lowest BCUT2D eigenvalue weighted by molar-refractivity contribution is 0.0470. The van der Waals surface area contributed by atoms with Crippen molar-refractivity contribution in [2.75, 3.05) is 0 Å². The maximum absolute atomic E-state index is 13.1. The zero-order valence-electron chi connectivity index (χ0n) is 8.22. The van der Waals surface area contributed by atoms with Crippen molar-refractivity contribution < 1.29 is 13.2 Å². The van der Waals surface area contributed by atoms with Crippen LogP contribution in [0.2, 0.25) is 0 Å². The SMILES string of the molecule is FC(F)C(F)C1C=NC=c2ccccc2=N1. The van der Waals surface area contributed by atoms with Gasteiger partial charge in [0.25, 0.3) is 6.43 Å². The van der Waals surface area contributed by atoms with Gasteiger partial charge in [0, 0.05) is 17.6 Å². The Morgan fingerprint density at radius 3 is 2.62 bits per heavy atom. The lowest BCUT2D eigenvalue weighted by Gasteiger charge is -2.10. The van der Waals surface area contributed by atoms with Crippen LogP contribution in [0, 0.1) is 0 Å². The Hall–Kier alpha value is -1.65. The second-order valence-corrected chi connectivity index (χ2v) is 3.38. The van der Waals surface area contributed by atoms with E-state index in [4.69, 9.17) is 0 Å². The van der Waals surface area contributed by atoms with Gasteiger partial charge in [0.1, 0.15) is 6.04 Å². The lowest BCUT2D eigenvalue weighted by atomic mass is 10.2. The van der Waals surface area contributed by atoms with Crippen LogP contribution in [0.3, 0.4) is 0 Å². The van der Waals surface area contributed by atoms with Gasteiger partial charge in [0.2, 0.25) is 0 Å². The summed E-state index contributed by atoms with van der Waals surface area (Å²) in [6, 6.07) is 5.66. The molecule has 0 radical (unpaired) electrons. The Balaban J connectivity index is 2.44. The Morgan fingerprint density at radius 1 is 1.12 bits per heavy atom. The summed E-state index contributed by atoms with van der Waals surface area (Å²) >= 11 is 0. The smallest absolute Gasteiger partial charge is 0.271 e. The Kier molecular flexibility index (Phi) is 3.03. The standard InChI is InChI=1S/C11H9F3N2/c12-10(11(13)14)9-6-15-5-7-3-1-2-4-8(7)16-9/h1-6,9-11H. The molecule has 0 bridgehead atoms. The molecule has 2 rings (SSSR count). The van der Waals surface area contributed by atoms with E-state index in [1.807, 2.05) is 0 Å². The first-order chi connectivity index (χ1) is 7.68. The van der Waals surface area contributed by atoms with Crippen LogP contribution in [0.1, 0.15) is 0 Å². The molecule has 2 nitrogen and oxygen atoms in total. The fraction of sp³-hybridized carbons (Fsp3) is 0.273. The van der Waals surface area contributed by atoms with Crippen LogP contribution < -0.4 is 10.6 Å². The summed E-state index contributed by atoms with van der Waals surface area (Å²) in [6.07, 6.45) is -2.78. The van der Waals surface area contributed by atoms with E-state index >= 15 is 0 Å². The van der Waals surface area contributed by atoms with Gasteiger partial charge in [-0.3, -0.25) is 9.98 Å². The Labute approximate surface area is 89.8 Å². The molecule has 1 heterocycles. The van der Waals surface area contributed by atoms with Crippen molar-refractivity contribution >= 4 is 12.4 Å². The topological polar surface area (TPSA) is 24.7 Å². The predicted molar refractivity (Wildman–Crippen MR) is 54.9 cm³/mol. The summed E-state index contributed by atoms with van der Waals surface area (Å²) in [5.41, 5.74) is 0. The third kappa shape index (κ3) is 2.13. The second-order valence-electron chi connectivity index (χ2n) is 3.38. The van der Waals surface area contributed by atoms with Gasteiger partial charge in [0.15, 0.2) is 6.17 Å². The van der Waals surface area contributed by atoms with Gasteiger partial charge in [0.05, 0.1) is 5.36 Å². The van der Waals surface area contributed by atoms with Crippen LogP contribution >= 0.6 is 0 Å². The van der Waals surface area contributed by atoms with Crippen LogP contribution in [-0.4, -0.2) is 24.9 Å². The molecule has 1 aromatic rings. The number of alkyl halides is 3. The van der Waals surface area contributed by atoms with Crippen LogP contribution in [0.5, 0.6) is 0 Å². The quantitative estimate of drug-likeness (QED) is 0.721. The molecule has 1 aromatic carbocycles. The molecule has 0 saturated carbocycles. The summed E-state index contributed by atoms with van der Waals surface area (Å²) in [5, 5.41) is 1.18. The number of halogens is 3. The molecular weight excluding hydrogens is 217 g/mol. The molecule has 0 aromatic heterocycles. The highest BCUT2D eigenvalue weighted by Gasteiger charge is 2.28. The summed E-state index contributed by atoms with van der Waals surface area (Å²) in [5.74, 6) is 0. The van der Waals surface area contributed by atoms with E-state index in [2.05, 4.69) is 9.98 Å². The normalized spacial score (nSPS) is 20.6. The second kappa shape index (κ2) is 4.47. The third-order valence-corrected chi connectivity index (χ3v) is 2.24. The largest absolute Gasteiger partial charge is 0.272 e. The van der Waals surface area contributed by atoms with E-state index in [9.17, 15) is 13.2 Å². The molecule has 0 spiro atoms. The molecule has 5 heteroatoms. The van der Waals surface area contributed by atoms with Crippen molar-refractivity contribution in [2.24, 2.45) is 9.98 Å². The van der Waals surface area contributed by atoms with Crippen LogP contribution in [-0.2, 0) is 0 Å². The zero-order valence-corrected chi connectivity index (χ0v) is 8.22. The van der Waals surface area contributed by atoms with Crippen LogP contribution in [0.15, 0.2) is 34.3 Å². The molecule has 0 saturated heterocycles. The van der Waals surface area contributed by atoms with Gasteiger partial charge < -0.3 is 0 Å². The summed E-state index contributed by atoms with van der Waals surface area (Å²) in [4.78, 5) is 7.70. The molecule has 84 valence electrons. The molecule has 16 heavy (non-hydrogen) atoms. The van der Waals surface area contributed by atoms with E-state index in [1.165, 1.54) is 6.20 Å². The summed E-state index contributed by atoms with van der Waals surface area (Å²) in [6.45, 7) is 0. The minimum Gasteiger partial charge on any atom is -0.272 e. The number of rotatable bonds is 2. The summed E-state index contributed by atoms with van der Waals surface area (Å²) in [7, 11) is 0. The van der Waals surface area contributed by atoms with Crippen LogP contribution in [0.4, 0.5) is 13.2 Å². The maximum Gasteiger partial charge on any atom is 0.271 e. The first-order valence-electron chi connectivity index (χ1n) is 4.77. The number of para-hydroxylation sites is 1.